The fourth-order valence-electron chi connectivity index (χ4n) is 3.15. The van der Waals surface area contributed by atoms with Crippen LogP contribution in [0, 0.1) is 11.8 Å². The van der Waals surface area contributed by atoms with Gasteiger partial charge in [0.05, 0.1) is 5.60 Å². The summed E-state index contributed by atoms with van der Waals surface area (Å²) < 4.78 is 0. The van der Waals surface area contributed by atoms with Gasteiger partial charge >= 0.3 is 0 Å². The van der Waals surface area contributed by atoms with E-state index in [9.17, 15) is 5.11 Å². The molecule has 82 valence electrons. The number of β-amino-alcohol motifs (C(OH)–C–C–N with tert-alkyl or cyclic N) is 1. The molecule has 0 spiro atoms. The van der Waals surface area contributed by atoms with E-state index in [4.69, 9.17) is 0 Å². The molecule has 0 radical (unpaired) electrons. The van der Waals surface area contributed by atoms with Gasteiger partial charge in [0.1, 0.15) is 0 Å². The zero-order valence-corrected chi connectivity index (χ0v) is 9.26. The summed E-state index contributed by atoms with van der Waals surface area (Å²) in [5.74, 6) is 1.50. The molecule has 0 aromatic heterocycles. The van der Waals surface area contributed by atoms with Crippen LogP contribution in [0.4, 0.5) is 0 Å². The van der Waals surface area contributed by atoms with Crippen molar-refractivity contribution in [2.45, 2.75) is 51.0 Å². The van der Waals surface area contributed by atoms with Crippen molar-refractivity contribution < 1.29 is 5.11 Å². The molecule has 0 aromatic rings. The topological polar surface area (TPSA) is 32.3 Å². The summed E-state index contributed by atoms with van der Waals surface area (Å²) in [6.07, 6.45) is 7.46. The van der Waals surface area contributed by atoms with Crippen LogP contribution in [0.25, 0.3) is 0 Å². The van der Waals surface area contributed by atoms with Crippen molar-refractivity contribution in [2.24, 2.45) is 11.8 Å². The Kier molecular flexibility index (Phi) is 3.13. The van der Waals surface area contributed by atoms with Gasteiger partial charge in [0.25, 0.3) is 0 Å². The lowest BCUT2D eigenvalue weighted by Crippen LogP contribution is -2.41. The highest BCUT2D eigenvalue weighted by Gasteiger charge is 2.40. The summed E-state index contributed by atoms with van der Waals surface area (Å²) in [6, 6.07) is 0. The maximum atomic E-state index is 10.4. The molecule has 2 fully saturated rings. The van der Waals surface area contributed by atoms with Crippen LogP contribution in [-0.2, 0) is 0 Å². The van der Waals surface area contributed by atoms with Crippen molar-refractivity contribution in [3.8, 4) is 0 Å². The molecule has 0 aromatic carbocycles. The molecule has 14 heavy (non-hydrogen) atoms. The van der Waals surface area contributed by atoms with Crippen LogP contribution in [0.3, 0.4) is 0 Å². The Bertz CT molecular complexity index is 179. The average Bonchev–Trinajstić information content (AvgIpc) is 2.67. The van der Waals surface area contributed by atoms with Crippen LogP contribution in [0.1, 0.15) is 45.4 Å². The highest BCUT2D eigenvalue weighted by Crippen LogP contribution is 2.39. The van der Waals surface area contributed by atoms with Crippen molar-refractivity contribution >= 4 is 0 Å². The van der Waals surface area contributed by atoms with Gasteiger partial charge in [-0.05, 0) is 37.6 Å². The summed E-state index contributed by atoms with van der Waals surface area (Å²) in [5, 5.41) is 13.7. The average molecular weight is 197 g/mol. The second-order valence-electron chi connectivity index (χ2n) is 5.16. The number of hydrogen-bond donors (Lipinski definition) is 2. The first-order chi connectivity index (χ1) is 6.74. The molecule has 2 N–H and O–H groups in total. The largest absolute Gasteiger partial charge is 0.388 e. The molecule has 1 atom stereocenters. The maximum Gasteiger partial charge on any atom is 0.0811 e. The fourth-order valence-corrected chi connectivity index (χ4v) is 3.15. The van der Waals surface area contributed by atoms with Gasteiger partial charge in [0.15, 0.2) is 0 Å². The van der Waals surface area contributed by atoms with Gasteiger partial charge in [-0.2, -0.15) is 0 Å². The lowest BCUT2D eigenvalue weighted by Gasteiger charge is -2.37. The summed E-state index contributed by atoms with van der Waals surface area (Å²) >= 11 is 0. The first kappa shape index (κ1) is 10.4. The van der Waals surface area contributed by atoms with E-state index in [0.717, 1.165) is 25.4 Å². The molecular formula is C12H23NO. The minimum absolute atomic E-state index is 0.362. The van der Waals surface area contributed by atoms with Crippen molar-refractivity contribution in [1.82, 2.24) is 5.32 Å². The van der Waals surface area contributed by atoms with Gasteiger partial charge in [-0.1, -0.05) is 26.2 Å². The molecule has 2 aliphatic rings. The van der Waals surface area contributed by atoms with E-state index in [-0.39, 0.29) is 5.60 Å². The van der Waals surface area contributed by atoms with Crippen molar-refractivity contribution in [3.05, 3.63) is 0 Å². The van der Waals surface area contributed by atoms with E-state index in [0.29, 0.717) is 5.92 Å². The molecule has 2 nitrogen and oxygen atoms in total. The fraction of sp³-hybridized carbons (Fsp3) is 1.00. The molecule has 1 unspecified atom stereocenters. The minimum Gasteiger partial charge on any atom is -0.388 e. The van der Waals surface area contributed by atoms with E-state index in [1.807, 2.05) is 0 Å². The van der Waals surface area contributed by atoms with Gasteiger partial charge < -0.3 is 10.4 Å². The zero-order chi connectivity index (χ0) is 10.0. The molecular weight excluding hydrogens is 174 g/mol. The van der Waals surface area contributed by atoms with Gasteiger partial charge in [-0.15, -0.1) is 0 Å². The smallest absolute Gasteiger partial charge is 0.0811 e. The molecule has 2 heteroatoms. The van der Waals surface area contributed by atoms with E-state index in [2.05, 4.69) is 12.2 Å². The number of hydrogen-bond acceptors (Lipinski definition) is 2. The molecule has 0 bridgehead atoms. The standard InChI is InChI=1S/C12H23NO/c1-2-10-3-5-11(6-4-10)12(14)7-8-13-9-12/h10-11,13-14H,2-9H2,1H3. The summed E-state index contributed by atoms with van der Waals surface area (Å²) in [5.41, 5.74) is -0.362. The Morgan fingerprint density at radius 2 is 2.00 bits per heavy atom. The van der Waals surface area contributed by atoms with Crippen LogP contribution >= 0.6 is 0 Å². The van der Waals surface area contributed by atoms with Gasteiger partial charge in [-0.3, -0.25) is 0 Å². The van der Waals surface area contributed by atoms with Crippen LogP contribution < -0.4 is 5.32 Å². The molecule has 1 saturated carbocycles. The molecule has 0 amide bonds. The predicted molar refractivity (Wildman–Crippen MR) is 58.2 cm³/mol. The first-order valence-electron chi connectivity index (χ1n) is 6.17. The second kappa shape index (κ2) is 4.19. The zero-order valence-electron chi connectivity index (χ0n) is 9.26. The predicted octanol–water partition coefficient (Wildman–Crippen LogP) is 1.93. The SMILES string of the molecule is CCC1CCC(C2(O)CCNC2)CC1. The Balaban J connectivity index is 1.88. The highest BCUT2D eigenvalue weighted by atomic mass is 16.3. The number of rotatable bonds is 2. The third-order valence-electron chi connectivity index (χ3n) is 4.35. The minimum atomic E-state index is -0.362. The third-order valence-corrected chi connectivity index (χ3v) is 4.35. The van der Waals surface area contributed by atoms with Crippen molar-refractivity contribution in [1.29, 1.82) is 0 Å². The van der Waals surface area contributed by atoms with Crippen LogP contribution in [-0.4, -0.2) is 23.8 Å². The molecule has 1 saturated heterocycles. The molecule has 2 rings (SSSR count). The summed E-state index contributed by atoms with van der Waals surface area (Å²) in [4.78, 5) is 0. The quantitative estimate of drug-likeness (QED) is 0.709. The van der Waals surface area contributed by atoms with E-state index >= 15 is 0 Å². The Morgan fingerprint density at radius 1 is 1.29 bits per heavy atom. The Labute approximate surface area is 87.1 Å². The highest BCUT2D eigenvalue weighted by molar-refractivity contribution is 4.95. The number of nitrogens with one attached hydrogen (secondary N) is 1. The van der Waals surface area contributed by atoms with Crippen LogP contribution in [0.15, 0.2) is 0 Å². The van der Waals surface area contributed by atoms with Crippen molar-refractivity contribution in [2.75, 3.05) is 13.1 Å². The normalized spacial score (nSPS) is 44.1. The Morgan fingerprint density at radius 3 is 2.50 bits per heavy atom. The summed E-state index contributed by atoms with van der Waals surface area (Å²) in [7, 11) is 0. The van der Waals surface area contributed by atoms with Gasteiger partial charge in [0, 0.05) is 6.54 Å². The maximum absolute atomic E-state index is 10.4. The number of aliphatic hydroxyl groups is 1. The lowest BCUT2D eigenvalue weighted by atomic mass is 9.72. The lowest BCUT2D eigenvalue weighted by molar-refractivity contribution is -0.0210. The van der Waals surface area contributed by atoms with Gasteiger partial charge in [-0.25, -0.2) is 0 Å². The van der Waals surface area contributed by atoms with Crippen LogP contribution in [0.2, 0.25) is 0 Å². The van der Waals surface area contributed by atoms with E-state index in [1.54, 1.807) is 0 Å². The van der Waals surface area contributed by atoms with Crippen molar-refractivity contribution in [3.63, 3.8) is 0 Å². The monoisotopic (exact) mass is 197 g/mol. The first-order valence-corrected chi connectivity index (χ1v) is 6.17. The van der Waals surface area contributed by atoms with Crippen LogP contribution in [0.5, 0.6) is 0 Å². The van der Waals surface area contributed by atoms with E-state index in [1.165, 1.54) is 32.1 Å². The summed E-state index contributed by atoms with van der Waals surface area (Å²) in [6.45, 7) is 4.12. The Hall–Kier alpha value is -0.0800. The van der Waals surface area contributed by atoms with Gasteiger partial charge in [0.2, 0.25) is 0 Å². The molecule has 1 aliphatic carbocycles. The van der Waals surface area contributed by atoms with E-state index < -0.39 is 0 Å². The third kappa shape index (κ3) is 1.96. The molecule has 1 aliphatic heterocycles. The second-order valence-corrected chi connectivity index (χ2v) is 5.16. The molecule has 1 heterocycles.